The van der Waals surface area contributed by atoms with Crippen LogP contribution in [0, 0.1) is 0 Å². The van der Waals surface area contributed by atoms with Crippen molar-refractivity contribution in [3.8, 4) is 0 Å². The molecule has 1 unspecified atom stereocenters. The number of amides is 3. The van der Waals surface area contributed by atoms with Crippen LogP contribution in [0.2, 0.25) is 0 Å². The Morgan fingerprint density at radius 2 is 1.71 bits per heavy atom. The zero-order valence-electron chi connectivity index (χ0n) is 20.0. The number of benzene rings is 2. The molecule has 0 aliphatic carbocycles. The van der Waals surface area contributed by atoms with E-state index in [0.717, 1.165) is 23.8 Å². The highest BCUT2D eigenvalue weighted by molar-refractivity contribution is 7.89. The molecule has 2 heterocycles. The Balaban J connectivity index is 1.44. The second-order valence-corrected chi connectivity index (χ2v) is 11.4. The van der Waals surface area contributed by atoms with Crippen molar-refractivity contribution in [3.63, 3.8) is 0 Å². The molecule has 2 aromatic carbocycles. The minimum absolute atomic E-state index is 0.0520. The predicted molar refractivity (Wildman–Crippen MR) is 129 cm³/mol. The number of sulfonamides is 1. The van der Waals surface area contributed by atoms with Crippen molar-refractivity contribution in [1.82, 2.24) is 19.0 Å². The highest BCUT2D eigenvalue weighted by Gasteiger charge is 2.34. The van der Waals surface area contributed by atoms with E-state index in [1.165, 1.54) is 42.3 Å². The van der Waals surface area contributed by atoms with Gasteiger partial charge >= 0.3 is 6.03 Å². The Kier molecular flexibility index (Phi) is 7.06. The number of urea groups is 1. The topological polar surface area (TPSA) is 81.2 Å². The number of rotatable bonds is 7. The molecule has 4 rings (SSSR count). The maximum atomic E-state index is 13.2. The summed E-state index contributed by atoms with van der Waals surface area (Å²) >= 11 is 0. The minimum Gasteiger partial charge on any atom is -0.322 e. The van der Waals surface area contributed by atoms with Crippen molar-refractivity contribution in [2.24, 2.45) is 0 Å². The van der Waals surface area contributed by atoms with Gasteiger partial charge in [-0.3, -0.25) is 14.6 Å². The van der Waals surface area contributed by atoms with Gasteiger partial charge in [-0.2, -0.15) is 0 Å². The van der Waals surface area contributed by atoms with E-state index in [4.69, 9.17) is 0 Å². The molecular weight excluding hydrogens is 452 g/mol. The molecule has 34 heavy (non-hydrogen) atoms. The zero-order valence-corrected chi connectivity index (χ0v) is 20.8. The lowest BCUT2D eigenvalue weighted by Crippen LogP contribution is -2.55. The largest absolute Gasteiger partial charge is 0.327 e. The number of hydrogen-bond donors (Lipinski definition) is 0. The molecule has 0 aromatic heterocycles. The fraction of sp³-hybridized carbons (Fsp3) is 0.440. The number of carbonyl (C=O) groups excluding carboxylic acids is 2. The van der Waals surface area contributed by atoms with Crippen LogP contribution in [-0.2, 0) is 34.3 Å². The van der Waals surface area contributed by atoms with Crippen LogP contribution >= 0.6 is 0 Å². The van der Waals surface area contributed by atoms with Crippen molar-refractivity contribution in [3.05, 3.63) is 65.2 Å². The molecule has 2 aliphatic heterocycles. The van der Waals surface area contributed by atoms with Gasteiger partial charge in [0.15, 0.2) is 0 Å². The molecule has 0 bridgehead atoms. The molecule has 2 aliphatic rings. The van der Waals surface area contributed by atoms with Gasteiger partial charge in [-0.05, 0) is 42.2 Å². The highest BCUT2D eigenvalue weighted by Crippen LogP contribution is 2.23. The molecule has 0 N–H and O–H groups in total. The third-order valence-corrected chi connectivity index (χ3v) is 8.49. The van der Waals surface area contributed by atoms with Crippen molar-refractivity contribution >= 4 is 22.0 Å². The summed E-state index contributed by atoms with van der Waals surface area (Å²) in [5.41, 5.74) is 3.32. The summed E-state index contributed by atoms with van der Waals surface area (Å²) in [5, 5.41) is 0. The number of fused-ring (bicyclic) bond motifs is 1. The van der Waals surface area contributed by atoms with Crippen molar-refractivity contribution in [1.29, 1.82) is 0 Å². The smallest absolute Gasteiger partial charge is 0.322 e. The summed E-state index contributed by atoms with van der Waals surface area (Å²) < 4.78 is 26.1. The van der Waals surface area contributed by atoms with E-state index in [2.05, 4.69) is 36.1 Å². The number of imide groups is 1. The van der Waals surface area contributed by atoms with Crippen LogP contribution in [-0.4, -0.2) is 79.1 Å². The minimum atomic E-state index is -3.60. The third-order valence-electron chi connectivity index (χ3n) is 6.68. The van der Waals surface area contributed by atoms with Crippen LogP contribution in [0.3, 0.4) is 0 Å². The molecule has 2 aromatic rings. The average Bonchev–Trinajstić information content (AvgIpc) is 2.83. The summed E-state index contributed by atoms with van der Waals surface area (Å²) in [7, 11) is -0.655. The summed E-state index contributed by atoms with van der Waals surface area (Å²) in [6.45, 7) is 4.91. The van der Waals surface area contributed by atoms with Gasteiger partial charge < -0.3 is 4.90 Å². The monoisotopic (exact) mass is 484 g/mol. The Morgan fingerprint density at radius 3 is 2.44 bits per heavy atom. The second kappa shape index (κ2) is 9.85. The summed E-state index contributed by atoms with van der Waals surface area (Å²) in [6, 6.07) is 14.7. The van der Waals surface area contributed by atoms with Gasteiger partial charge in [0.05, 0.1) is 11.4 Å². The quantitative estimate of drug-likeness (QED) is 0.603. The molecule has 3 amide bonds. The number of carbonyl (C=O) groups is 2. The summed E-state index contributed by atoms with van der Waals surface area (Å²) in [6.07, 6.45) is 1.25. The molecule has 0 saturated carbocycles. The number of nitrogens with zero attached hydrogens (tertiary/aromatic N) is 4. The van der Waals surface area contributed by atoms with E-state index >= 15 is 0 Å². The lowest BCUT2D eigenvalue weighted by molar-refractivity contribution is -0.131. The van der Waals surface area contributed by atoms with E-state index in [-0.39, 0.29) is 35.8 Å². The van der Waals surface area contributed by atoms with Crippen molar-refractivity contribution < 1.29 is 18.0 Å². The van der Waals surface area contributed by atoms with E-state index < -0.39 is 10.0 Å². The normalized spacial score (nSPS) is 18.4. The van der Waals surface area contributed by atoms with Crippen LogP contribution in [0.4, 0.5) is 4.79 Å². The summed E-state index contributed by atoms with van der Waals surface area (Å²) in [4.78, 5) is 31.3. The molecule has 182 valence electrons. The van der Waals surface area contributed by atoms with Crippen molar-refractivity contribution in [2.75, 3.05) is 33.7 Å². The molecule has 1 saturated heterocycles. The van der Waals surface area contributed by atoms with Crippen LogP contribution in [0.5, 0.6) is 0 Å². The van der Waals surface area contributed by atoms with Gasteiger partial charge in [-0.15, -0.1) is 0 Å². The van der Waals surface area contributed by atoms with Crippen LogP contribution < -0.4 is 0 Å². The lowest BCUT2D eigenvalue weighted by atomic mass is 9.99. The first-order chi connectivity index (χ1) is 16.2. The fourth-order valence-electron chi connectivity index (χ4n) is 4.59. The molecule has 0 spiro atoms. The van der Waals surface area contributed by atoms with Gasteiger partial charge in [-0.1, -0.05) is 36.4 Å². The lowest BCUT2D eigenvalue weighted by Gasteiger charge is -2.39. The maximum Gasteiger partial charge on any atom is 0.327 e. The molecular formula is C25H32N4O4S. The standard InChI is InChI=1S/C25H32N4O4S/c1-19(27-13-11-21-8-4-5-9-22(21)18-27)16-28-14-12-24(30)29(25(28)31)17-20-7-6-10-23(15-20)34(32,33)26(2)3/h4-10,15,19H,11-14,16-18H2,1-3H3. The van der Waals surface area contributed by atoms with E-state index in [1.54, 1.807) is 17.0 Å². The number of hydrogen-bond acceptors (Lipinski definition) is 5. The fourth-order valence-corrected chi connectivity index (χ4v) is 5.56. The van der Waals surface area contributed by atoms with Gasteiger partial charge in [0.1, 0.15) is 0 Å². The maximum absolute atomic E-state index is 13.2. The predicted octanol–water partition coefficient (Wildman–Crippen LogP) is 2.54. The average molecular weight is 485 g/mol. The highest BCUT2D eigenvalue weighted by atomic mass is 32.2. The Labute approximate surface area is 201 Å². The SMILES string of the molecule is CC(CN1CCC(=O)N(Cc2cccc(S(=O)(=O)N(C)C)c2)C1=O)N1CCc2ccccc2C1. The van der Waals surface area contributed by atoms with Gasteiger partial charge in [0, 0.05) is 52.7 Å². The Bertz CT molecular complexity index is 1180. The van der Waals surface area contributed by atoms with Gasteiger partial charge in [0.2, 0.25) is 15.9 Å². The van der Waals surface area contributed by atoms with E-state index in [1.807, 2.05) is 0 Å². The molecule has 1 fully saturated rings. The summed E-state index contributed by atoms with van der Waals surface area (Å²) in [5.74, 6) is -0.235. The van der Waals surface area contributed by atoms with Gasteiger partial charge in [0.25, 0.3) is 0 Å². The van der Waals surface area contributed by atoms with Crippen molar-refractivity contribution in [2.45, 2.75) is 43.8 Å². The molecule has 0 radical (unpaired) electrons. The Hall–Kier alpha value is -2.75. The third kappa shape index (κ3) is 5.01. The second-order valence-electron chi connectivity index (χ2n) is 9.23. The first-order valence-electron chi connectivity index (χ1n) is 11.6. The van der Waals surface area contributed by atoms with Crippen LogP contribution in [0.15, 0.2) is 53.4 Å². The molecule has 1 atom stereocenters. The van der Waals surface area contributed by atoms with E-state index in [0.29, 0.717) is 18.7 Å². The van der Waals surface area contributed by atoms with E-state index in [9.17, 15) is 18.0 Å². The molecule has 9 heteroatoms. The van der Waals surface area contributed by atoms with Crippen LogP contribution in [0.25, 0.3) is 0 Å². The zero-order chi connectivity index (χ0) is 24.5. The van der Waals surface area contributed by atoms with Gasteiger partial charge in [-0.25, -0.2) is 17.5 Å². The van der Waals surface area contributed by atoms with Crippen LogP contribution in [0.1, 0.15) is 30.0 Å². The first-order valence-corrected chi connectivity index (χ1v) is 13.0. The molecule has 8 nitrogen and oxygen atoms in total. The first kappa shape index (κ1) is 24.4. The Morgan fingerprint density at radius 1 is 0.971 bits per heavy atom.